The van der Waals surface area contributed by atoms with E-state index < -0.39 is 0 Å². The van der Waals surface area contributed by atoms with Crippen LogP contribution in [0.1, 0.15) is 11.1 Å². The highest BCUT2D eigenvalue weighted by atomic mass is 28.2. The molecule has 1 aromatic carbocycles. The Hall–Kier alpha value is -0.863. The summed E-state index contributed by atoms with van der Waals surface area (Å²) in [6.45, 7) is 3.66. The van der Waals surface area contributed by atoms with E-state index in [1.54, 1.807) is 0 Å². The largest absolute Gasteiger partial charge is 0.431 e. The molecule has 0 saturated carbocycles. The lowest BCUT2D eigenvalue weighted by Crippen LogP contribution is -1.93. The Labute approximate surface area is 69.3 Å². The Morgan fingerprint density at radius 2 is 2.00 bits per heavy atom. The van der Waals surface area contributed by atoms with E-state index in [-0.39, 0.29) is 9.76 Å². The third kappa shape index (κ3) is 2.33. The zero-order valence-electron chi connectivity index (χ0n) is 6.25. The van der Waals surface area contributed by atoms with Crippen molar-refractivity contribution >= 4 is 15.8 Å². The van der Waals surface area contributed by atoms with Gasteiger partial charge in [0, 0.05) is 0 Å². The first-order valence-electron chi connectivity index (χ1n) is 3.45. The molecular weight excluding hydrogens is 152 g/mol. The zero-order valence-corrected chi connectivity index (χ0v) is 7.25. The predicted molar refractivity (Wildman–Crippen MR) is 48.2 cm³/mol. The van der Waals surface area contributed by atoms with Gasteiger partial charge in [0.1, 0.15) is 0 Å². The van der Waals surface area contributed by atoms with E-state index in [0.717, 1.165) is 11.6 Å². The number of hydrogen-bond acceptors (Lipinski definition) is 1. The van der Waals surface area contributed by atoms with Crippen molar-refractivity contribution < 1.29 is 4.80 Å². The van der Waals surface area contributed by atoms with Gasteiger partial charge < -0.3 is 4.80 Å². The Morgan fingerprint density at radius 3 is 2.45 bits per heavy atom. The molecule has 0 aliphatic rings. The molecule has 1 rings (SSSR count). The molecule has 11 heavy (non-hydrogen) atoms. The van der Waals surface area contributed by atoms with Crippen molar-refractivity contribution in [1.82, 2.24) is 0 Å². The first kappa shape index (κ1) is 8.24. The maximum absolute atomic E-state index is 8.65. The van der Waals surface area contributed by atoms with Crippen LogP contribution in [0.2, 0.25) is 0 Å². The van der Waals surface area contributed by atoms with Gasteiger partial charge in [-0.15, -0.1) is 0 Å². The second-order valence-corrected chi connectivity index (χ2v) is 2.95. The highest BCUT2D eigenvalue weighted by Crippen LogP contribution is 2.04. The molecule has 0 bridgehead atoms. The maximum Gasteiger partial charge on any atom is 0.229 e. The second kappa shape index (κ2) is 4.11. The fourth-order valence-corrected chi connectivity index (χ4v) is 1.28. The van der Waals surface area contributed by atoms with Gasteiger partial charge in [-0.25, -0.2) is 0 Å². The van der Waals surface area contributed by atoms with Gasteiger partial charge in [-0.1, -0.05) is 36.9 Å². The average molecular weight is 162 g/mol. The quantitative estimate of drug-likeness (QED) is 0.667. The fraction of sp³-hybridized carbons (Fsp3) is 0.111. The Balaban J connectivity index is 2.74. The van der Waals surface area contributed by atoms with Gasteiger partial charge in [0.15, 0.2) is 0 Å². The predicted octanol–water partition coefficient (Wildman–Crippen LogP) is 1.44. The van der Waals surface area contributed by atoms with Crippen LogP contribution in [-0.2, 0) is 6.04 Å². The van der Waals surface area contributed by atoms with Crippen molar-refractivity contribution in [2.24, 2.45) is 0 Å². The first-order chi connectivity index (χ1) is 5.36. The molecule has 1 aromatic rings. The van der Waals surface area contributed by atoms with Crippen LogP contribution in [0.15, 0.2) is 30.8 Å². The lowest BCUT2D eigenvalue weighted by Gasteiger charge is -1.96. The summed E-state index contributed by atoms with van der Waals surface area (Å²) >= 11 is 0. The van der Waals surface area contributed by atoms with Gasteiger partial charge in [-0.2, -0.15) is 0 Å². The minimum absolute atomic E-state index is 0.00683. The minimum Gasteiger partial charge on any atom is -0.431 e. The van der Waals surface area contributed by atoms with E-state index in [2.05, 4.69) is 6.58 Å². The zero-order chi connectivity index (χ0) is 8.10. The minimum atomic E-state index is 0.00683. The highest BCUT2D eigenvalue weighted by Gasteiger charge is 1.91. The van der Waals surface area contributed by atoms with Crippen LogP contribution < -0.4 is 0 Å². The van der Waals surface area contributed by atoms with Gasteiger partial charge in [0.25, 0.3) is 0 Å². The lowest BCUT2D eigenvalue weighted by molar-refractivity contribution is 0.600. The molecule has 0 aliphatic heterocycles. The molecule has 0 unspecified atom stereocenters. The smallest absolute Gasteiger partial charge is 0.229 e. The molecular formula is C9H10OSi. The molecule has 0 aliphatic carbocycles. The molecule has 0 spiro atoms. The van der Waals surface area contributed by atoms with Crippen LogP contribution >= 0.6 is 0 Å². The topological polar surface area (TPSA) is 20.2 Å². The summed E-state index contributed by atoms with van der Waals surface area (Å²) in [7, 11) is 0.00683. The van der Waals surface area contributed by atoms with Gasteiger partial charge >= 0.3 is 0 Å². The molecule has 2 heteroatoms. The Morgan fingerprint density at radius 1 is 1.36 bits per heavy atom. The van der Waals surface area contributed by atoms with Crippen molar-refractivity contribution in [3.8, 4) is 0 Å². The molecule has 0 fully saturated rings. The normalized spacial score (nSPS) is 9.55. The van der Waals surface area contributed by atoms with Gasteiger partial charge in [0.2, 0.25) is 9.76 Å². The summed E-state index contributed by atoms with van der Waals surface area (Å²) in [6.07, 6.45) is 1.81. The van der Waals surface area contributed by atoms with Gasteiger partial charge in [-0.3, -0.25) is 0 Å². The van der Waals surface area contributed by atoms with E-state index in [9.17, 15) is 0 Å². The van der Waals surface area contributed by atoms with Crippen LogP contribution in [0.3, 0.4) is 0 Å². The summed E-state index contributed by atoms with van der Waals surface area (Å²) in [5.41, 5.74) is 2.30. The Kier molecular flexibility index (Phi) is 3.07. The number of benzene rings is 1. The summed E-state index contributed by atoms with van der Waals surface area (Å²) in [5, 5.41) is 0. The average Bonchev–Trinajstić information content (AvgIpc) is 2.07. The molecule has 0 atom stereocenters. The summed E-state index contributed by atoms with van der Waals surface area (Å²) in [5.74, 6) is 0. The molecule has 0 heterocycles. The molecule has 0 amide bonds. The van der Waals surface area contributed by atoms with Gasteiger partial charge in [-0.05, 0) is 17.2 Å². The fourth-order valence-electron chi connectivity index (χ4n) is 0.863. The SMILES string of the molecule is C=Cc1ccc(C[Si]O)cc1. The second-order valence-electron chi connectivity index (χ2n) is 2.28. The standard InChI is InChI=1S/C9H10OSi/c1-2-8-3-5-9(6-4-8)7-11-10/h2-6,10H,1,7H2. The Bertz CT molecular complexity index is 228. The molecule has 1 N–H and O–H groups in total. The maximum atomic E-state index is 8.65. The van der Waals surface area contributed by atoms with Crippen molar-refractivity contribution in [2.45, 2.75) is 6.04 Å². The van der Waals surface area contributed by atoms with Crippen molar-refractivity contribution in [3.63, 3.8) is 0 Å². The third-order valence-corrected chi connectivity index (χ3v) is 2.06. The van der Waals surface area contributed by atoms with E-state index in [1.165, 1.54) is 5.56 Å². The number of rotatable bonds is 3. The van der Waals surface area contributed by atoms with Crippen LogP contribution in [0.4, 0.5) is 0 Å². The van der Waals surface area contributed by atoms with Crippen LogP contribution in [-0.4, -0.2) is 14.6 Å². The van der Waals surface area contributed by atoms with Gasteiger partial charge in [0.05, 0.1) is 0 Å². The monoisotopic (exact) mass is 162 g/mol. The summed E-state index contributed by atoms with van der Waals surface area (Å²) in [6, 6.07) is 8.79. The van der Waals surface area contributed by atoms with E-state index >= 15 is 0 Å². The van der Waals surface area contributed by atoms with E-state index in [4.69, 9.17) is 4.80 Å². The molecule has 1 nitrogen and oxygen atoms in total. The van der Waals surface area contributed by atoms with Crippen LogP contribution in [0.5, 0.6) is 0 Å². The highest BCUT2D eigenvalue weighted by molar-refractivity contribution is 6.24. The summed E-state index contributed by atoms with van der Waals surface area (Å²) in [4.78, 5) is 8.65. The molecule has 56 valence electrons. The third-order valence-electron chi connectivity index (χ3n) is 1.50. The van der Waals surface area contributed by atoms with Crippen molar-refractivity contribution in [2.75, 3.05) is 0 Å². The van der Waals surface area contributed by atoms with Crippen LogP contribution in [0, 0.1) is 0 Å². The van der Waals surface area contributed by atoms with E-state index in [1.807, 2.05) is 30.3 Å². The first-order valence-corrected chi connectivity index (χ1v) is 4.60. The molecule has 0 saturated heterocycles. The van der Waals surface area contributed by atoms with Crippen LogP contribution in [0.25, 0.3) is 6.08 Å². The van der Waals surface area contributed by atoms with E-state index in [0.29, 0.717) is 0 Å². The van der Waals surface area contributed by atoms with Crippen molar-refractivity contribution in [3.05, 3.63) is 42.0 Å². The number of hydrogen-bond donors (Lipinski definition) is 1. The van der Waals surface area contributed by atoms with Crippen molar-refractivity contribution in [1.29, 1.82) is 0 Å². The summed E-state index contributed by atoms with van der Waals surface area (Å²) < 4.78 is 0. The lowest BCUT2D eigenvalue weighted by atomic mass is 10.1. The molecule has 0 aromatic heterocycles. The molecule has 2 radical (unpaired) electrons.